The second kappa shape index (κ2) is 5.01. The smallest absolute Gasteiger partial charge is 0.165 e. The molecule has 0 aromatic heterocycles. The Morgan fingerprint density at radius 2 is 2.00 bits per heavy atom. The van der Waals surface area contributed by atoms with Gasteiger partial charge in [0.2, 0.25) is 0 Å². The van der Waals surface area contributed by atoms with E-state index in [2.05, 4.69) is 0 Å². The number of hydrogen-bond donors (Lipinski definition) is 4. The van der Waals surface area contributed by atoms with Crippen molar-refractivity contribution in [2.75, 3.05) is 20.3 Å². The van der Waals surface area contributed by atoms with E-state index >= 15 is 0 Å². The highest BCUT2D eigenvalue weighted by atomic mass is 16.7. The normalized spacial score (nSPS) is 43.9. The van der Waals surface area contributed by atoms with Gasteiger partial charge in [0.1, 0.15) is 6.10 Å². The first-order valence-corrected chi connectivity index (χ1v) is 4.49. The minimum atomic E-state index is -0.934. The average Bonchev–Trinajstić information content (AvgIpc) is 2.21. The van der Waals surface area contributed by atoms with Gasteiger partial charge in [-0.1, -0.05) is 0 Å². The lowest BCUT2D eigenvalue weighted by Gasteiger charge is -2.41. The summed E-state index contributed by atoms with van der Waals surface area (Å²) in [6, 6.07) is -0.705. The molecule has 0 spiro atoms. The van der Waals surface area contributed by atoms with Crippen LogP contribution in [0.15, 0.2) is 0 Å². The number of hydrogen-bond acceptors (Lipinski definition) is 6. The zero-order valence-corrected chi connectivity index (χ0v) is 8.04. The molecule has 84 valence electrons. The molecule has 0 aliphatic carbocycles. The predicted molar refractivity (Wildman–Crippen MR) is 47.3 cm³/mol. The monoisotopic (exact) mass is 207 g/mol. The number of rotatable bonds is 3. The minimum Gasteiger partial charge on any atom is -0.396 e. The van der Waals surface area contributed by atoms with Crippen LogP contribution in [0.2, 0.25) is 0 Å². The van der Waals surface area contributed by atoms with Crippen LogP contribution in [0.1, 0.15) is 0 Å². The summed E-state index contributed by atoms with van der Waals surface area (Å²) in [5.74, 6) is -0.571. The number of methoxy groups -OCH3 is 1. The third kappa shape index (κ3) is 2.05. The zero-order chi connectivity index (χ0) is 10.7. The zero-order valence-electron chi connectivity index (χ0n) is 8.04. The Kier molecular flexibility index (Phi) is 4.24. The molecule has 0 radical (unpaired) electrons. The molecule has 1 saturated heterocycles. The van der Waals surface area contributed by atoms with Crippen LogP contribution in [0.4, 0.5) is 0 Å². The van der Waals surface area contributed by atoms with Gasteiger partial charge in [-0.15, -0.1) is 0 Å². The lowest BCUT2D eigenvalue weighted by molar-refractivity contribution is -0.255. The molecular weight excluding hydrogens is 190 g/mol. The topological polar surface area (TPSA) is 105 Å². The van der Waals surface area contributed by atoms with Gasteiger partial charge >= 0.3 is 0 Å². The van der Waals surface area contributed by atoms with Gasteiger partial charge in [0.15, 0.2) is 6.29 Å². The van der Waals surface area contributed by atoms with Gasteiger partial charge in [-0.2, -0.15) is 0 Å². The van der Waals surface area contributed by atoms with E-state index in [1.807, 2.05) is 0 Å². The summed E-state index contributed by atoms with van der Waals surface area (Å²) < 4.78 is 10.2. The maximum atomic E-state index is 9.68. The van der Waals surface area contributed by atoms with Crippen LogP contribution in [0.5, 0.6) is 0 Å². The number of aliphatic hydroxyl groups is 3. The molecule has 1 aliphatic rings. The highest BCUT2D eigenvalue weighted by Gasteiger charge is 2.42. The van der Waals surface area contributed by atoms with Gasteiger partial charge in [0, 0.05) is 7.11 Å². The van der Waals surface area contributed by atoms with Gasteiger partial charge in [0.05, 0.1) is 31.3 Å². The molecule has 14 heavy (non-hydrogen) atoms. The van der Waals surface area contributed by atoms with Crippen LogP contribution < -0.4 is 5.73 Å². The molecule has 0 aromatic carbocycles. The number of nitrogens with two attached hydrogens (primary N) is 1. The van der Waals surface area contributed by atoms with E-state index in [1.165, 1.54) is 7.11 Å². The van der Waals surface area contributed by atoms with Gasteiger partial charge in [-0.3, -0.25) is 0 Å². The van der Waals surface area contributed by atoms with E-state index in [0.717, 1.165) is 0 Å². The molecule has 1 aliphatic heterocycles. The SMILES string of the molecule is CO[C@H]1O[C@H](CO)[C@H](N)[C@@H](O)[C@@H]1CO. The van der Waals surface area contributed by atoms with E-state index in [-0.39, 0.29) is 13.2 Å². The van der Waals surface area contributed by atoms with Crippen molar-refractivity contribution in [2.45, 2.75) is 24.5 Å². The quantitative estimate of drug-likeness (QED) is 0.413. The number of aliphatic hydroxyl groups excluding tert-OH is 3. The highest BCUT2D eigenvalue weighted by molar-refractivity contribution is 4.91. The molecule has 0 aromatic rings. The molecule has 0 unspecified atom stereocenters. The van der Waals surface area contributed by atoms with Crippen molar-refractivity contribution in [3.63, 3.8) is 0 Å². The second-order valence-electron chi connectivity index (χ2n) is 3.38. The Bertz CT molecular complexity index is 177. The summed E-state index contributed by atoms with van der Waals surface area (Å²) in [4.78, 5) is 0. The van der Waals surface area contributed by atoms with Crippen molar-refractivity contribution in [3.8, 4) is 0 Å². The van der Waals surface area contributed by atoms with E-state index in [1.54, 1.807) is 0 Å². The van der Waals surface area contributed by atoms with Gasteiger partial charge in [0.25, 0.3) is 0 Å². The molecule has 0 saturated carbocycles. The summed E-state index contributed by atoms with van der Waals surface area (Å²) in [5.41, 5.74) is 5.61. The maximum absolute atomic E-state index is 9.68. The third-order valence-corrected chi connectivity index (χ3v) is 2.54. The van der Waals surface area contributed by atoms with Crippen molar-refractivity contribution in [1.82, 2.24) is 0 Å². The Morgan fingerprint density at radius 1 is 1.36 bits per heavy atom. The lowest BCUT2D eigenvalue weighted by Crippen LogP contribution is -2.60. The molecule has 1 rings (SSSR count). The largest absolute Gasteiger partial charge is 0.396 e. The summed E-state index contributed by atoms with van der Waals surface area (Å²) >= 11 is 0. The Labute approximate surface area is 82.2 Å². The average molecular weight is 207 g/mol. The van der Waals surface area contributed by atoms with Crippen LogP contribution >= 0.6 is 0 Å². The van der Waals surface area contributed by atoms with Crippen LogP contribution in [0.3, 0.4) is 0 Å². The Balaban J connectivity index is 2.71. The fourth-order valence-corrected chi connectivity index (χ4v) is 1.62. The van der Waals surface area contributed by atoms with E-state index in [9.17, 15) is 5.11 Å². The molecule has 1 heterocycles. The van der Waals surface area contributed by atoms with E-state index in [0.29, 0.717) is 0 Å². The molecule has 5 N–H and O–H groups in total. The molecule has 6 nitrogen and oxygen atoms in total. The first-order valence-electron chi connectivity index (χ1n) is 4.49. The van der Waals surface area contributed by atoms with Gasteiger partial charge in [-0.05, 0) is 0 Å². The van der Waals surface area contributed by atoms with Crippen molar-refractivity contribution < 1.29 is 24.8 Å². The van der Waals surface area contributed by atoms with Crippen LogP contribution in [0.25, 0.3) is 0 Å². The summed E-state index contributed by atoms with van der Waals surface area (Å²) in [6.45, 7) is -0.554. The predicted octanol–water partition coefficient (Wildman–Crippen LogP) is -2.35. The summed E-state index contributed by atoms with van der Waals surface area (Å²) in [7, 11) is 1.41. The number of ether oxygens (including phenoxy) is 2. The Morgan fingerprint density at radius 3 is 2.43 bits per heavy atom. The fraction of sp³-hybridized carbons (Fsp3) is 1.00. The third-order valence-electron chi connectivity index (χ3n) is 2.54. The van der Waals surface area contributed by atoms with Crippen LogP contribution in [0, 0.1) is 5.92 Å². The van der Waals surface area contributed by atoms with Crippen LogP contribution in [-0.2, 0) is 9.47 Å². The standard InChI is InChI=1S/C8H17NO5/c1-13-8-4(2-10)7(12)6(9)5(3-11)14-8/h4-8,10-12H,2-3,9H2,1H3/t4-,5+,6-,7-,8-/m0/s1. The molecular formula is C8H17NO5. The van der Waals surface area contributed by atoms with Crippen molar-refractivity contribution in [2.24, 2.45) is 11.7 Å². The lowest BCUT2D eigenvalue weighted by atomic mass is 9.90. The highest BCUT2D eigenvalue weighted by Crippen LogP contribution is 2.25. The second-order valence-corrected chi connectivity index (χ2v) is 3.38. The van der Waals surface area contributed by atoms with Gasteiger partial charge < -0.3 is 30.5 Å². The summed E-state index contributed by atoms with van der Waals surface area (Å²) in [5, 5.41) is 27.6. The molecule has 0 amide bonds. The van der Waals surface area contributed by atoms with Crippen LogP contribution in [-0.4, -0.2) is 60.2 Å². The first kappa shape index (κ1) is 11.8. The molecule has 0 bridgehead atoms. The van der Waals surface area contributed by atoms with Crippen molar-refractivity contribution >= 4 is 0 Å². The molecule has 1 fully saturated rings. The Hall–Kier alpha value is -0.240. The molecule has 5 atom stereocenters. The first-order chi connectivity index (χ1) is 6.65. The maximum Gasteiger partial charge on any atom is 0.165 e. The molecule has 6 heteroatoms. The van der Waals surface area contributed by atoms with E-state index in [4.69, 9.17) is 25.4 Å². The van der Waals surface area contributed by atoms with Gasteiger partial charge in [-0.25, -0.2) is 0 Å². The minimum absolute atomic E-state index is 0.272. The van der Waals surface area contributed by atoms with Crippen molar-refractivity contribution in [3.05, 3.63) is 0 Å². The fourth-order valence-electron chi connectivity index (χ4n) is 1.62. The summed E-state index contributed by atoms with van der Waals surface area (Å²) in [6.07, 6.45) is -2.32. The van der Waals surface area contributed by atoms with Crippen molar-refractivity contribution in [1.29, 1.82) is 0 Å². The van der Waals surface area contributed by atoms with E-state index < -0.39 is 30.5 Å².